The number of aromatic nitrogens is 2. The van der Waals surface area contributed by atoms with E-state index in [1.807, 2.05) is 18.2 Å². The van der Waals surface area contributed by atoms with Crippen LogP contribution in [0.15, 0.2) is 47.2 Å². The van der Waals surface area contributed by atoms with Gasteiger partial charge in [0.25, 0.3) is 0 Å². The Balaban J connectivity index is 2.03. The second-order valence-electron chi connectivity index (χ2n) is 3.02. The summed E-state index contributed by atoms with van der Waals surface area (Å²) in [5.74, 6) is 0.647. The Morgan fingerprint density at radius 2 is 1.80 bits per heavy atom. The first-order chi connectivity index (χ1) is 7.36. The van der Waals surface area contributed by atoms with E-state index in [0.29, 0.717) is 12.5 Å². The fourth-order valence-corrected chi connectivity index (χ4v) is 1.63. The number of halogens is 1. The molecule has 4 heteroatoms. The van der Waals surface area contributed by atoms with Gasteiger partial charge in [-0.1, -0.05) is 34.1 Å². The van der Waals surface area contributed by atoms with Crippen LogP contribution in [0.1, 0.15) is 5.56 Å². The fourth-order valence-electron chi connectivity index (χ4n) is 1.21. The number of rotatable bonds is 3. The van der Waals surface area contributed by atoms with Gasteiger partial charge in [0.15, 0.2) is 0 Å². The van der Waals surface area contributed by atoms with E-state index in [1.165, 1.54) is 5.56 Å². The zero-order valence-corrected chi connectivity index (χ0v) is 9.61. The van der Waals surface area contributed by atoms with Crippen molar-refractivity contribution in [3.63, 3.8) is 0 Å². The third kappa shape index (κ3) is 2.76. The first-order valence-electron chi connectivity index (χ1n) is 4.60. The molecular weight excluding hydrogens is 254 g/mol. The van der Waals surface area contributed by atoms with Crippen molar-refractivity contribution in [3.8, 4) is 0 Å². The van der Waals surface area contributed by atoms with Crippen LogP contribution in [-0.2, 0) is 6.54 Å². The Hall–Kier alpha value is -1.42. The van der Waals surface area contributed by atoms with Gasteiger partial charge in [0, 0.05) is 23.4 Å². The second kappa shape index (κ2) is 4.89. The van der Waals surface area contributed by atoms with E-state index in [-0.39, 0.29) is 0 Å². The zero-order valence-electron chi connectivity index (χ0n) is 8.02. The highest BCUT2D eigenvalue weighted by atomic mass is 79.9. The molecule has 0 amide bonds. The molecule has 0 spiro atoms. The van der Waals surface area contributed by atoms with Crippen molar-refractivity contribution in [2.75, 3.05) is 5.32 Å². The Bertz CT molecular complexity index is 431. The van der Waals surface area contributed by atoms with Crippen molar-refractivity contribution in [1.29, 1.82) is 0 Å². The zero-order chi connectivity index (χ0) is 10.5. The van der Waals surface area contributed by atoms with Crippen molar-refractivity contribution in [2.45, 2.75) is 6.54 Å². The van der Waals surface area contributed by atoms with Gasteiger partial charge in [0.1, 0.15) is 0 Å². The van der Waals surface area contributed by atoms with Gasteiger partial charge >= 0.3 is 0 Å². The topological polar surface area (TPSA) is 37.8 Å². The van der Waals surface area contributed by atoms with Gasteiger partial charge in [-0.05, 0) is 17.7 Å². The highest BCUT2D eigenvalue weighted by molar-refractivity contribution is 9.10. The molecule has 0 fully saturated rings. The summed E-state index contributed by atoms with van der Waals surface area (Å²) in [5.41, 5.74) is 1.19. The molecule has 0 bridgehead atoms. The molecule has 0 saturated carbocycles. The normalized spacial score (nSPS) is 9.93. The molecule has 15 heavy (non-hydrogen) atoms. The molecule has 0 unspecified atom stereocenters. The number of hydrogen-bond donors (Lipinski definition) is 1. The molecule has 2 aromatic rings. The maximum atomic E-state index is 4.09. The summed E-state index contributed by atoms with van der Waals surface area (Å²) in [6, 6.07) is 9.87. The van der Waals surface area contributed by atoms with E-state index in [2.05, 4.69) is 37.3 Å². The van der Waals surface area contributed by atoms with Crippen LogP contribution >= 0.6 is 15.9 Å². The molecule has 0 saturated heterocycles. The van der Waals surface area contributed by atoms with E-state index in [0.717, 1.165) is 4.47 Å². The van der Waals surface area contributed by atoms with Gasteiger partial charge < -0.3 is 5.32 Å². The highest BCUT2D eigenvalue weighted by Gasteiger charge is 1.98. The monoisotopic (exact) mass is 263 g/mol. The molecule has 0 atom stereocenters. The predicted molar refractivity (Wildman–Crippen MR) is 63.5 cm³/mol. The minimum absolute atomic E-state index is 0.647. The molecular formula is C11H10BrN3. The highest BCUT2D eigenvalue weighted by Crippen LogP contribution is 2.16. The lowest BCUT2D eigenvalue weighted by atomic mass is 10.2. The summed E-state index contributed by atoms with van der Waals surface area (Å²) in [6.45, 7) is 0.714. The number of nitrogens with zero attached hydrogens (tertiary/aromatic N) is 2. The molecule has 0 aliphatic carbocycles. The SMILES string of the molecule is Brc1ccccc1CNc1ncccn1. The summed E-state index contributed by atoms with van der Waals surface area (Å²) < 4.78 is 1.09. The van der Waals surface area contributed by atoms with Gasteiger partial charge in [-0.2, -0.15) is 0 Å². The van der Waals surface area contributed by atoms with E-state index in [4.69, 9.17) is 0 Å². The lowest BCUT2D eigenvalue weighted by Crippen LogP contribution is -2.03. The average molecular weight is 264 g/mol. The van der Waals surface area contributed by atoms with Crippen LogP contribution in [0.4, 0.5) is 5.95 Å². The number of benzene rings is 1. The molecule has 3 nitrogen and oxygen atoms in total. The van der Waals surface area contributed by atoms with E-state index in [1.54, 1.807) is 18.5 Å². The minimum Gasteiger partial charge on any atom is -0.350 e. The summed E-state index contributed by atoms with van der Waals surface area (Å²) in [5, 5.41) is 3.15. The molecule has 0 aliphatic rings. The molecule has 1 aromatic carbocycles. The molecule has 1 heterocycles. The first-order valence-corrected chi connectivity index (χ1v) is 5.40. The molecule has 1 aromatic heterocycles. The van der Waals surface area contributed by atoms with Crippen LogP contribution in [0.3, 0.4) is 0 Å². The van der Waals surface area contributed by atoms with Crippen molar-refractivity contribution < 1.29 is 0 Å². The van der Waals surface area contributed by atoms with Crippen LogP contribution < -0.4 is 5.32 Å². The van der Waals surface area contributed by atoms with Gasteiger partial charge in [0.2, 0.25) is 5.95 Å². The number of hydrogen-bond acceptors (Lipinski definition) is 3. The summed E-state index contributed by atoms with van der Waals surface area (Å²) in [6.07, 6.45) is 3.44. The van der Waals surface area contributed by atoms with E-state index in [9.17, 15) is 0 Å². The van der Waals surface area contributed by atoms with Crippen LogP contribution in [0.5, 0.6) is 0 Å². The van der Waals surface area contributed by atoms with Gasteiger partial charge in [-0.25, -0.2) is 9.97 Å². The van der Waals surface area contributed by atoms with Crippen molar-refractivity contribution in [3.05, 3.63) is 52.8 Å². The van der Waals surface area contributed by atoms with Crippen molar-refractivity contribution >= 4 is 21.9 Å². The Labute approximate surface area is 96.7 Å². The summed E-state index contributed by atoms with van der Waals surface area (Å²) >= 11 is 3.49. The third-order valence-electron chi connectivity index (χ3n) is 1.96. The maximum absolute atomic E-state index is 4.09. The van der Waals surface area contributed by atoms with Gasteiger partial charge in [0.05, 0.1) is 0 Å². The van der Waals surface area contributed by atoms with Crippen molar-refractivity contribution in [2.24, 2.45) is 0 Å². The Kier molecular flexibility index (Phi) is 3.29. The van der Waals surface area contributed by atoms with Crippen LogP contribution in [-0.4, -0.2) is 9.97 Å². The second-order valence-corrected chi connectivity index (χ2v) is 3.87. The fraction of sp³-hybridized carbons (Fsp3) is 0.0909. The largest absolute Gasteiger partial charge is 0.350 e. The minimum atomic E-state index is 0.647. The number of anilines is 1. The Morgan fingerprint density at radius 1 is 1.07 bits per heavy atom. The van der Waals surface area contributed by atoms with E-state index >= 15 is 0 Å². The lowest BCUT2D eigenvalue weighted by molar-refractivity contribution is 1.05. The molecule has 0 radical (unpaired) electrons. The van der Waals surface area contributed by atoms with Crippen LogP contribution in [0.2, 0.25) is 0 Å². The van der Waals surface area contributed by atoms with Crippen LogP contribution in [0, 0.1) is 0 Å². The molecule has 76 valence electrons. The van der Waals surface area contributed by atoms with Crippen LogP contribution in [0.25, 0.3) is 0 Å². The molecule has 1 N–H and O–H groups in total. The molecule has 2 rings (SSSR count). The predicted octanol–water partition coefficient (Wildman–Crippen LogP) is 2.85. The lowest BCUT2D eigenvalue weighted by Gasteiger charge is -2.05. The number of nitrogens with one attached hydrogen (secondary N) is 1. The third-order valence-corrected chi connectivity index (χ3v) is 2.73. The molecule has 0 aliphatic heterocycles. The quantitative estimate of drug-likeness (QED) is 0.926. The van der Waals surface area contributed by atoms with Crippen molar-refractivity contribution in [1.82, 2.24) is 9.97 Å². The average Bonchev–Trinajstić information content (AvgIpc) is 2.29. The van der Waals surface area contributed by atoms with E-state index < -0.39 is 0 Å². The summed E-state index contributed by atoms with van der Waals surface area (Å²) in [4.78, 5) is 8.17. The van der Waals surface area contributed by atoms with Gasteiger partial charge in [-0.3, -0.25) is 0 Å². The standard InChI is InChI=1S/C11H10BrN3/c12-10-5-2-1-4-9(10)8-15-11-13-6-3-7-14-11/h1-7H,8H2,(H,13,14,15). The summed E-state index contributed by atoms with van der Waals surface area (Å²) in [7, 11) is 0. The Morgan fingerprint density at radius 3 is 2.53 bits per heavy atom. The first kappa shape index (κ1) is 10.1. The maximum Gasteiger partial charge on any atom is 0.222 e. The smallest absolute Gasteiger partial charge is 0.222 e. The van der Waals surface area contributed by atoms with Gasteiger partial charge in [-0.15, -0.1) is 0 Å².